The molecule has 14 heavy (non-hydrogen) atoms. The highest BCUT2D eigenvalue weighted by Gasteiger charge is 2.22. The van der Waals surface area contributed by atoms with Gasteiger partial charge in [0.15, 0.2) is 0 Å². The first-order valence-corrected chi connectivity index (χ1v) is 5.15. The fourth-order valence-electron chi connectivity index (χ4n) is 2.08. The first-order valence-electron chi connectivity index (χ1n) is 5.15. The lowest BCUT2D eigenvalue weighted by molar-refractivity contribution is 0.317. The molecule has 0 saturated carbocycles. The van der Waals surface area contributed by atoms with Gasteiger partial charge >= 0.3 is 0 Å². The average molecular weight is 191 g/mol. The third kappa shape index (κ3) is 1.73. The predicted octanol–water partition coefficient (Wildman–Crippen LogP) is 1.89. The smallest absolute Gasteiger partial charge is 0.125 e. The normalized spacial score (nSPS) is 22.6. The van der Waals surface area contributed by atoms with Gasteiger partial charge in [-0.2, -0.15) is 0 Å². The lowest BCUT2D eigenvalue weighted by Crippen LogP contribution is -2.17. The maximum atomic E-state index is 4.34. The number of hydrogen-bond acceptors (Lipinski definition) is 3. The van der Waals surface area contributed by atoms with Gasteiger partial charge in [-0.15, -0.1) is 0 Å². The summed E-state index contributed by atoms with van der Waals surface area (Å²) >= 11 is 0. The molecule has 0 amide bonds. The van der Waals surface area contributed by atoms with Crippen LogP contribution >= 0.6 is 0 Å². The molecule has 0 spiro atoms. The van der Waals surface area contributed by atoms with E-state index >= 15 is 0 Å². The molecule has 1 aliphatic heterocycles. The van der Waals surface area contributed by atoms with Crippen LogP contribution in [0.5, 0.6) is 0 Å². The highest BCUT2D eigenvalue weighted by Crippen LogP contribution is 2.29. The Labute approximate surface area is 85.1 Å². The van der Waals surface area contributed by atoms with Gasteiger partial charge in [-0.05, 0) is 38.1 Å². The molecule has 0 aliphatic carbocycles. The van der Waals surface area contributed by atoms with Crippen LogP contribution in [-0.2, 0) is 0 Å². The Morgan fingerprint density at radius 3 is 2.86 bits per heavy atom. The van der Waals surface area contributed by atoms with E-state index in [-0.39, 0.29) is 0 Å². The van der Waals surface area contributed by atoms with Crippen LogP contribution in [-0.4, -0.2) is 30.5 Å². The van der Waals surface area contributed by atoms with Gasteiger partial charge in [0.05, 0.1) is 0 Å². The fourth-order valence-corrected chi connectivity index (χ4v) is 2.08. The molecule has 1 unspecified atom stereocenters. The van der Waals surface area contributed by atoms with Crippen molar-refractivity contribution in [2.45, 2.75) is 18.9 Å². The summed E-state index contributed by atoms with van der Waals surface area (Å²) in [5.74, 6) is 0.939. The van der Waals surface area contributed by atoms with Crippen molar-refractivity contribution < 1.29 is 0 Å². The Balaban J connectivity index is 2.16. The van der Waals surface area contributed by atoms with Crippen LogP contribution in [0, 0.1) is 0 Å². The molecule has 2 heterocycles. The second-order valence-corrected chi connectivity index (χ2v) is 3.87. The molecular formula is C11H17N3. The SMILES string of the molecule is CNc1ccc(C2CCCN2C)cn1. The van der Waals surface area contributed by atoms with E-state index in [1.165, 1.54) is 24.9 Å². The van der Waals surface area contributed by atoms with E-state index in [1.54, 1.807) is 0 Å². The second-order valence-electron chi connectivity index (χ2n) is 3.87. The van der Waals surface area contributed by atoms with Crippen LogP contribution in [0.25, 0.3) is 0 Å². The summed E-state index contributed by atoms with van der Waals surface area (Å²) in [6.45, 7) is 1.21. The summed E-state index contributed by atoms with van der Waals surface area (Å²) in [6, 6.07) is 4.79. The molecular weight excluding hydrogens is 174 g/mol. The van der Waals surface area contributed by atoms with Crippen LogP contribution in [0.3, 0.4) is 0 Å². The highest BCUT2D eigenvalue weighted by atomic mass is 15.1. The summed E-state index contributed by atoms with van der Waals surface area (Å²) in [4.78, 5) is 6.74. The van der Waals surface area contributed by atoms with Gasteiger partial charge in [0.2, 0.25) is 0 Å². The zero-order valence-electron chi connectivity index (χ0n) is 8.83. The summed E-state index contributed by atoms with van der Waals surface area (Å²) in [6.07, 6.45) is 4.55. The van der Waals surface area contributed by atoms with Gasteiger partial charge in [0, 0.05) is 19.3 Å². The largest absolute Gasteiger partial charge is 0.373 e. The number of pyridine rings is 1. The minimum absolute atomic E-state index is 0.577. The van der Waals surface area contributed by atoms with E-state index in [1.807, 2.05) is 19.3 Å². The quantitative estimate of drug-likeness (QED) is 0.773. The molecule has 1 N–H and O–H groups in total. The van der Waals surface area contributed by atoms with E-state index in [2.05, 4.69) is 28.3 Å². The van der Waals surface area contributed by atoms with Gasteiger partial charge in [0.25, 0.3) is 0 Å². The fraction of sp³-hybridized carbons (Fsp3) is 0.545. The first kappa shape index (κ1) is 9.46. The van der Waals surface area contributed by atoms with Gasteiger partial charge < -0.3 is 5.32 Å². The number of aromatic nitrogens is 1. The van der Waals surface area contributed by atoms with Gasteiger partial charge in [-0.25, -0.2) is 4.98 Å². The number of nitrogens with one attached hydrogen (secondary N) is 1. The molecule has 1 saturated heterocycles. The molecule has 1 aliphatic rings. The van der Waals surface area contributed by atoms with Gasteiger partial charge in [-0.3, -0.25) is 4.90 Å². The number of likely N-dealkylation sites (tertiary alicyclic amines) is 1. The Morgan fingerprint density at radius 2 is 2.36 bits per heavy atom. The van der Waals surface area contributed by atoms with Crippen molar-refractivity contribution in [2.75, 3.05) is 26.0 Å². The molecule has 1 atom stereocenters. The predicted molar refractivity (Wildman–Crippen MR) is 58.4 cm³/mol. The minimum atomic E-state index is 0.577. The van der Waals surface area contributed by atoms with Crippen LogP contribution in [0.15, 0.2) is 18.3 Å². The van der Waals surface area contributed by atoms with Crippen LogP contribution in [0.4, 0.5) is 5.82 Å². The van der Waals surface area contributed by atoms with E-state index in [9.17, 15) is 0 Å². The molecule has 1 aromatic rings. The van der Waals surface area contributed by atoms with Gasteiger partial charge in [-0.1, -0.05) is 6.07 Å². The number of anilines is 1. The molecule has 0 bridgehead atoms. The Kier molecular flexibility index (Phi) is 2.68. The molecule has 1 fully saturated rings. The van der Waals surface area contributed by atoms with Crippen LogP contribution in [0.1, 0.15) is 24.4 Å². The summed E-state index contributed by atoms with van der Waals surface area (Å²) in [5, 5.41) is 3.03. The lowest BCUT2D eigenvalue weighted by atomic mass is 10.1. The monoisotopic (exact) mass is 191 g/mol. The average Bonchev–Trinajstić information content (AvgIpc) is 2.65. The molecule has 0 aromatic carbocycles. The standard InChI is InChI=1S/C11H17N3/c1-12-11-6-5-9(8-13-11)10-4-3-7-14(10)2/h5-6,8,10H,3-4,7H2,1-2H3,(H,12,13). The van der Waals surface area contributed by atoms with Crippen molar-refractivity contribution in [3.63, 3.8) is 0 Å². The van der Waals surface area contributed by atoms with Crippen molar-refractivity contribution in [1.82, 2.24) is 9.88 Å². The van der Waals surface area contributed by atoms with Gasteiger partial charge in [0.1, 0.15) is 5.82 Å². The second kappa shape index (κ2) is 3.96. The molecule has 0 radical (unpaired) electrons. The summed E-state index contributed by atoms with van der Waals surface area (Å²) in [5.41, 5.74) is 1.34. The number of hydrogen-bond donors (Lipinski definition) is 1. The third-order valence-electron chi connectivity index (χ3n) is 2.95. The minimum Gasteiger partial charge on any atom is -0.373 e. The molecule has 3 heteroatoms. The summed E-state index contributed by atoms with van der Waals surface area (Å²) < 4.78 is 0. The highest BCUT2D eigenvalue weighted by molar-refractivity contribution is 5.35. The maximum Gasteiger partial charge on any atom is 0.125 e. The zero-order valence-corrected chi connectivity index (χ0v) is 8.83. The third-order valence-corrected chi connectivity index (χ3v) is 2.95. The Morgan fingerprint density at radius 1 is 1.50 bits per heavy atom. The van der Waals surface area contributed by atoms with Crippen molar-refractivity contribution in [3.05, 3.63) is 23.9 Å². The van der Waals surface area contributed by atoms with Crippen molar-refractivity contribution >= 4 is 5.82 Å². The molecule has 3 nitrogen and oxygen atoms in total. The lowest BCUT2D eigenvalue weighted by Gasteiger charge is -2.19. The van der Waals surface area contributed by atoms with E-state index in [4.69, 9.17) is 0 Å². The molecule has 2 rings (SSSR count). The molecule has 1 aromatic heterocycles. The Hall–Kier alpha value is -1.09. The number of rotatable bonds is 2. The van der Waals surface area contributed by atoms with Crippen molar-refractivity contribution in [1.29, 1.82) is 0 Å². The van der Waals surface area contributed by atoms with E-state index in [0.29, 0.717) is 6.04 Å². The topological polar surface area (TPSA) is 28.2 Å². The number of nitrogens with zero attached hydrogens (tertiary/aromatic N) is 2. The summed E-state index contributed by atoms with van der Waals surface area (Å²) in [7, 11) is 4.08. The Bertz CT molecular complexity index is 294. The maximum absolute atomic E-state index is 4.34. The van der Waals surface area contributed by atoms with E-state index in [0.717, 1.165) is 5.82 Å². The van der Waals surface area contributed by atoms with E-state index < -0.39 is 0 Å². The zero-order chi connectivity index (χ0) is 9.97. The van der Waals surface area contributed by atoms with Crippen molar-refractivity contribution in [2.24, 2.45) is 0 Å². The molecule has 76 valence electrons. The van der Waals surface area contributed by atoms with Crippen LogP contribution in [0.2, 0.25) is 0 Å². The van der Waals surface area contributed by atoms with Crippen LogP contribution < -0.4 is 5.32 Å². The first-order chi connectivity index (χ1) is 6.81. The van der Waals surface area contributed by atoms with Crippen molar-refractivity contribution in [3.8, 4) is 0 Å².